The van der Waals surface area contributed by atoms with Gasteiger partial charge in [0, 0.05) is 19.0 Å². The van der Waals surface area contributed by atoms with Gasteiger partial charge in [-0.3, -0.25) is 4.79 Å². The van der Waals surface area contributed by atoms with Crippen LogP contribution in [0.25, 0.3) is 0 Å². The Hall–Kier alpha value is -0.570. The average molecular weight is 250 g/mol. The standard InChI is InChI=1S/C15H26N2O/c16-11-15-8-4-5-12(9-15)10-17(15)14(18)13-6-2-1-3-7-13/h12-13H,1-11,16H2. The lowest BCUT2D eigenvalue weighted by Crippen LogP contribution is -2.54. The molecule has 2 N–H and O–H groups in total. The molecule has 3 heteroatoms. The first-order valence-electron chi connectivity index (χ1n) is 7.77. The Morgan fingerprint density at radius 2 is 1.94 bits per heavy atom. The Labute approximate surface area is 110 Å². The molecule has 2 unspecified atom stereocenters. The first-order chi connectivity index (χ1) is 8.75. The van der Waals surface area contributed by atoms with Gasteiger partial charge in [-0.2, -0.15) is 0 Å². The smallest absolute Gasteiger partial charge is 0.226 e. The number of hydrogen-bond donors (Lipinski definition) is 1. The third-order valence-corrected chi connectivity index (χ3v) is 5.54. The Balaban J connectivity index is 1.76. The molecule has 0 aromatic carbocycles. The average Bonchev–Trinajstić information content (AvgIpc) is 2.70. The van der Waals surface area contributed by atoms with Crippen LogP contribution in [0.4, 0.5) is 0 Å². The fourth-order valence-corrected chi connectivity index (χ4v) is 4.50. The van der Waals surface area contributed by atoms with E-state index >= 15 is 0 Å². The highest BCUT2D eigenvalue weighted by molar-refractivity contribution is 5.80. The molecular formula is C15H26N2O. The van der Waals surface area contributed by atoms with Gasteiger partial charge < -0.3 is 10.6 Å². The monoisotopic (exact) mass is 250 g/mol. The predicted molar refractivity (Wildman–Crippen MR) is 72.0 cm³/mol. The van der Waals surface area contributed by atoms with Crippen molar-refractivity contribution in [3.8, 4) is 0 Å². The number of amides is 1. The van der Waals surface area contributed by atoms with Crippen molar-refractivity contribution >= 4 is 5.91 Å². The summed E-state index contributed by atoms with van der Waals surface area (Å²) >= 11 is 0. The second kappa shape index (κ2) is 4.84. The van der Waals surface area contributed by atoms with Crippen LogP contribution in [0.5, 0.6) is 0 Å². The van der Waals surface area contributed by atoms with Crippen LogP contribution < -0.4 is 5.73 Å². The van der Waals surface area contributed by atoms with Crippen LogP contribution in [0.15, 0.2) is 0 Å². The van der Waals surface area contributed by atoms with E-state index in [1.54, 1.807) is 0 Å². The highest BCUT2D eigenvalue weighted by Crippen LogP contribution is 2.44. The maximum Gasteiger partial charge on any atom is 0.226 e. The Morgan fingerprint density at radius 3 is 2.67 bits per heavy atom. The molecule has 3 aliphatic rings. The lowest BCUT2D eigenvalue weighted by atomic mass is 9.79. The van der Waals surface area contributed by atoms with Crippen LogP contribution in [0.3, 0.4) is 0 Å². The van der Waals surface area contributed by atoms with Crippen molar-refractivity contribution in [2.24, 2.45) is 17.6 Å². The predicted octanol–water partition coefficient (Wildman–Crippen LogP) is 2.30. The van der Waals surface area contributed by atoms with Gasteiger partial charge >= 0.3 is 0 Å². The van der Waals surface area contributed by atoms with Gasteiger partial charge in [0.2, 0.25) is 5.91 Å². The summed E-state index contributed by atoms with van der Waals surface area (Å²) < 4.78 is 0. The molecule has 2 aliphatic carbocycles. The molecule has 18 heavy (non-hydrogen) atoms. The maximum atomic E-state index is 12.8. The van der Waals surface area contributed by atoms with E-state index in [9.17, 15) is 4.79 Å². The van der Waals surface area contributed by atoms with Crippen molar-refractivity contribution in [3.63, 3.8) is 0 Å². The van der Waals surface area contributed by atoms with Crippen LogP contribution in [0, 0.1) is 11.8 Å². The van der Waals surface area contributed by atoms with Crippen LogP contribution in [0.2, 0.25) is 0 Å². The quantitative estimate of drug-likeness (QED) is 0.817. The van der Waals surface area contributed by atoms with Gasteiger partial charge in [-0.15, -0.1) is 0 Å². The third kappa shape index (κ3) is 1.97. The van der Waals surface area contributed by atoms with E-state index in [1.165, 1.54) is 38.5 Å². The zero-order chi connectivity index (χ0) is 12.6. The fourth-order valence-electron chi connectivity index (χ4n) is 4.50. The largest absolute Gasteiger partial charge is 0.335 e. The van der Waals surface area contributed by atoms with E-state index in [1.807, 2.05) is 0 Å². The molecule has 1 heterocycles. The number of carbonyl (C=O) groups excluding carboxylic acids is 1. The Kier molecular flexibility index (Phi) is 3.35. The van der Waals surface area contributed by atoms with Crippen molar-refractivity contribution in [1.82, 2.24) is 4.90 Å². The van der Waals surface area contributed by atoms with Gasteiger partial charge in [0.05, 0.1) is 5.54 Å². The molecule has 0 aromatic heterocycles. The van der Waals surface area contributed by atoms with Crippen molar-refractivity contribution in [3.05, 3.63) is 0 Å². The van der Waals surface area contributed by atoms with Gasteiger partial charge in [-0.25, -0.2) is 0 Å². The zero-order valence-electron chi connectivity index (χ0n) is 11.4. The zero-order valence-corrected chi connectivity index (χ0v) is 11.4. The minimum atomic E-state index is 0.0391. The second-order valence-corrected chi connectivity index (χ2v) is 6.67. The van der Waals surface area contributed by atoms with Crippen LogP contribution in [0.1, 0.15) is 57.8 Å². The van der Waals surface area contributed by atoms with Gasteiger partial charge in [-0.1, -0.05) is 25.7 Å². The number of nitrogens with zero attached hydrogens (tertiary/aromatic N) is 1. The van der Waals surface area contributed by atoms with Gasteiger partial charge in [0.15, 0.2) is 0 Å². The lowest BCUT2D eigenvalue weighted by Gasteiger charge is -2.40. The number of likely N-dealkylation sites (tertiary alicyclic amines) is 1. The number of carbonyl (C=O) groups is 1. The third-order valence-electron chi connectivity index (χ3n) is 5.54. The summed E-state index contributed by atoms with van der Waals surface area (Å²) in [6, 6.07) is 0. The van der Waals surface area contributed by atoms with Crippen molar-refractivity contribution < 1.29 is 4.79 Å². The Bertz CT molecular complexity index is 324. The van der Waals surface area contributed by atoms with Crippen LogP contribution >= 0.6 is 0 Å². The Morgan fingerprint density at radius 1 is 1.17 bits per heavy atom. The van der Waals surface area contributed by atoms with Gasteiger partial charge in [0.25, 0.3) is 0 Å². The summed E-state index contributed by atoms with van der Waals surface area (Å²) in [6.45, 7) is 1.66. The molecule has 1 saturated heterocycles. The molecule has 3 nitrogen and oxygen atoms in total. The van der Waals surface area contributed by atoms with E-state index in [2.05, 4.69) is 4.90 Å². The van der Waals surface area contributed by atoms with E-state index in [0.29, 0.717) is 18.4 Å². The molecular weight excluding hydrogens is 224 g/mol. The summed E-state index contributed by atoms with van der Waals surface area (Å²) in [5, 5.41) is 0. The molecule has 0 spiro atoms. The normalized spacial score (nSPS) is 36.9. The molecule has 3 fully saturated rings. The first-order valence-corrected chi connectivity index (χ1v) is 7.77. The first kappa shape index (κ1) is 12.5. The number of fused-ring (bicyclic) bond motifs is 2. The molecule has 2 atom stereocenters. The van der Waals surface area contributed by atoms with Crippen LogP contribution in [-0.2, 0) is 4.79 Å². The number of hydrogen-bond acceptors (Lipinski definition) is 2. The van der Waals surface area contributed by atoms with E-state index in [4.69, 9.17) is 5.73 Å². The summed E-state index contributed by atoms with van der Waals surface area (Å²) in [6.07, 6.45) is 10.9. The lowest BCUT2D eigenvalue weighted by molar-refractivity contribution is -0.140. The molecule has 1 amide bonds. The highest BCUT2D eigenvalue weighted by Gasteiger charge is 2.49. The van der Waals surface area contributed by atoms with E-state index in [-0.39, 0.29) is 5.54 Å². The fraction of sp³-hybridized carbons (Fsp3) is 0.933. The number of rotatable bonds is 2. The minimum absolute atomic E-state index is 0.0391. The molecule has 1 aliphatic heterocycles. The number of nitrogens with two attached hydrogens (primary N) is 1. The summed E-state index contributed by atoms with van der Waals surface area (Å²) in [7, 11) is 0. The topological polar surface area (TPSA) is 46.3 Å². The summed E-state index contributed by atoms with van der Waals surface area (Å²) in [5.74, 6) is 1.47. The molecule has 3 rings (SSSR count). The minimum Gasteiger partial charge on any atom is -0.335 e. The summed E-state index contributed by atoms with van der Waals surface area (Å²) in [4.78, 5) is 15.0. The molecule has 102 valence electrons. The van der Waals surface area contributed by atoms with Crippen LogP contribution in [-0.4, -0.2) is 29.4 Å². The highest BCUT2D eigenvalue weighted by atomic mass is 16.2. The molecule has 0 aromatic rings. The molecule has 2 bridgehead atoms. The maximum absolute atomic E-state index is 12.8. The summed E-state index contributed by atoms with van der Waals surface area (Å²) in [5.41, 5.74) is 6.08. The van der Waals surface area contributed by atoms with Crippen molar-refractivity contribution in [2.75, 3.05) is 13.1 Å². The molecule has 2 saturated carbocycles. The van der Waals surface area contributed by atoms with Gasteiger partial charge in [0.1, 0.15) is 0 Å². The van der Waals surface area contributed by atoms with Crippen molar-refractivity contribution in [2.45, 2.75) is 63.3 Å². The SMILES string of the molecule is NCC12CCCC(CN1C(=O)C1CCCCC1)C2. The second-order valence-electron chi connectivity index (χ2n) is 6.67. The van der Waals surface area contributed by atoms with Gasteiger partial charge in [-0.05, 0) is 38.0 Å². The van der Waals surface area contributed by atoms with Crippen molar-refractivity contribution in [1.29, 1.82) is 0 Å². The van der Waals surface area contributed by atoms with E-state index in [0.717, 1.165) is 31.7 Å². The molecule has 0 radical (unpaired) electrons. The van der Waals surface area contributed by atoms with E-state index < -0.39 is 0 Å².